The third-order valence-electron chi connectivity index (χ3n) is 4.75. The van der Waals surface area contributed by atoms with E-state index in [4.69, 9.17) is 0 Å². The van der Waals surface area contributed by atoms with Gasteiger partial charge in [0.1, 0.15) is 4.21 Å². The smallest absolute Gasteiger partial charge is 0.337 e. The number of ether oxygens (including phenoxy) is 1. The van der Waals surface area contributed by atoms with Crippen LogP contribution in [0.4, 0.5) is 11.4 Å². The van der Waals surface area contributed by atoms with Crippen molar-refractivity contribution < 1.29 is 26.4 Å². The van der Waals surface area contributed by atoms with Crippen LogP contribution >= 0.6 is 22.9 Å². The number of benzene rings is 2. The summed E-state index contributed by atoms with van der Waals surface area (Å²) in [5.74, 6) is -0.740. The van der Waals surface area contributed by atoms with Crippen LogP contribution in [0.2, 0.25) is 0 Å². The van der Waals surface area contributed by atoms with E-state index in [9.17, 15) is 26.4 Å². The molecule has 14 heteroatoms. The Bertz CT molecular complexity index is 1670. The van der Waals surface area contributed by atoms with Crippen molar-refractivity contribution in [3.63, 3.8) is 0 Å². The molecule has 0 aliphatic heterocycles. The molecule has 2 aromatic carbocycles. The number of sulfonamides is 2. The Morgan fingerprint density at radius 3 is 2.38 bits per heavy atom. The van der Waals surface area contributed by atoms with Gasteiger partial charge < -0.3 is 4.74 Å². The predicted octanol–water partition coefficient (Wildman–Crippen LogP) is 3.05. The number of hydrogen-bond donors (Lipinski definition) is 2. The van der Waals surface area contributed by atoms with E-state index in [1.165, 1.54) is 36.4 Å². The largest absolute Gasteiger partial charge is 0.465 e. The van der Waals surface area contributed by atoms with Crippen molar-refractivity contribution in [2.24, 2.45) is 7.05 Å². The van der Waals surface area contributed by atoms with Gasteiger partial charge in [0, 0.05) is 7.05 Å². The van der Waals surface area contributed by atoms with Gasteiger partial charge in [-0.05, 0) is 59.4 Å². The van der Waals surface area contributed by atoms with E-state index in [0.717, 1.165) is 36.0 Å². The summed E-state index contributed by atoms with van der Waals surface area (Å²) in [5, 5.41) is 1.82. The molecule has 0 amide bonds. The molecule has 0 bridgehead atoms. The molecule has 0 spiro atoms. The molecule has 10 nitrogen and oxygen atoms in total. The average Bonchev–Trinajstić information content (AvgIpc) is 3.43. The highest BCUT2D eigenvalue weighted by Crippen LogP contribution is 2.30. The Hall–Kier alpha value is -3.20. The number of carbonyl (C=O) groups excluding carboxylic acids is 1. The Balaban J connectivity index is 1.78. The number of rotatable bonds is 7. The zero-order valence-corrected chi connectivity index (χ0v) is 20.9. The minimum Gasteiger partial charge on any atom is -0.465 e. The summed E-state index contributed by atoms with van der Waals surface area (Å²) < 4.78 is 62.4. The molecule has 0 saturated carbocycles. The SMILES string of the molecule is COC(=O)c1ccc(NS(=O)(=O)c2cccs2)c(NS(=O)(=O)c2ccc3c(c2)c(=O)sn3C)c1. The minimum absolute atomic E-state index is 0.00132. The maximum absolute atomic E-state index is 13.2. The number of esters is 1. The third-order valence-corrected chi connectivity index (χ3v) is 9.73. The van der Waals surface area contributed by atoms with Crippen molar-refractivity contribution in [2.45, 2.75) is 9.10 Å². The molecule has 4 aromatic rings. The van der Waals surface area contributed by atoms with Crippen LogP contribution in [0.3, 0.4) is 0 Å². The van der Waals surface area contributed by atoms with Crippen LogP contribution in [0.1, 0.15) is 10.4 Å². The normalized spacial score (nSPS) is 11.9. The molecule has 2 heterocycles. The molecule has 0 aliphatic carbocycles. The fraction of sp³-hybridized carbons (Fsp3) is 0.100. The highest BCUT2D eigenvalue weighted by Gasteiger charge is 2.23. The summed E-state index contributed by atoms with van der Waals surface area (Å²) >= 11 is 1.93. The fourth-order valence-electron chi connectivity index (χ4n) is 3.12. The van der Waals surface area contributed by atoms with Gasteiger partial charge in [0.15, 0.2) is 0 Å². The lowest BCUT2D eigenvalue weighted by atomic mass is 10.2. The van der Waals surface area contributed by atoms with E-state index >= 15 is 0 Å². The van der Waals surface area contributed by atoms with Crippen molar-refractivity contribution in [1.29, 1.82) is 0 Å². The lowest BCUT2D eigenvalue weighted by Crippen LogP contribution is -2.18. The number of nitrogens with zero attached hydrogens (tertiary/aromatic N) is 1. The van der Waals surface area contributed by atoms with Crippen LogP contribution in [0.5, 0.6) is 0 Å². The number of methoxy groups -OCH3 is 1. The first-order valence-corrected chi connectivity index (χ1v) is 14.1. The van der Waals surface area contributed by atoms with E-state index in [-0.39, 0.29) is 36.2 Å². The first-order valence-electron chi connectivity index (χ1n) is 9.43. The van der Waals surface area contributed by atoms with E-state index in [2.05, 4.69) is 14.2 Å². The molecule has 0 atom stereocenters. The van der Waals surface area contributed by atoms with E-state index in [1.54, 1.807) is 22.5 Å². The van der Waals surface area contributed by atoms with Gasteiger partial charge in [-0.2, -0.15) is 0 Å². The summed E-state index contributed by atoms with van der Waals surface area (Å²) in [5.41, 5.74) is 0.283. The number of aromatic nitrogens is 1. The van der Waals surface area contributed by atoms with Crippen molar-refractivity contribution in [1.82, 2.24) is 3.96 Å². The monoisotopic (exact) mass is 539 g/mol. The van der Waals surface area contributed by atoms with Crippen molar-refractivity contribution in [2.75, 3.05) is 16.6 Å². The topological polar surface area (TPSA) is 141 Å². The number of hydrogen-bond acceptors (Lipinski definition) is 9. The van der Waals surface area contributed by atoms with E-state index < -0.39 is 26.0 Å². The number of nitrogens with one attached hydrogen (secondary N) is 2. The van der Waals surface area contributed by atoms with Crippen LogP contribution in [-0.4, -0.2) is 33.9 Å². The van der Waals surface area contributed by atoms with Crippen molar-refractivity contribution in [3.8, 4) is 0 Å². The number of aryl methyl sites for hydroxylation is 1. The van der Waals surface area contributed by atoms with Gasteiger partial charge in [-0.3, -0.25) is 18.2 Å². The first kappa shape index (κ1) is 23.9. The molecule has 0 radical (unpaired) electrons. The number of thiophene rings is 1. The molecular formula is C20H17N3O7S4. The van der Waals surface area contributed by atoms with Crippen LogP contribution in [-0.2, 0) is 31.8 Å². The second-order valence-corrected chi connectivity index (χ2v) is 12.6. The molecule has 2 aromatic heterocycles. The summed E-state index contributed by atoms with van der Waals surface area (Å²) in [7, 11) is -5.43. The Morgan fingerprint density at radius 1 is 0.971 bits per heavy atom. The van der Waals surface area contributed by atoms with Crippen LogP contribution in [0.15, 0.2) is 67.8 Å². The van der Waals surface area contributed by atoms with Crippen LogP contribution in [0, 0.1) is 0 Å². The number of carbonyl (C=O) groups is 1. The highest BCUT2D eigenvalue weighted by atomic mass is 32.2. The molecule has 34 heavy (non-hydrogen) atoms. The van der Waals surface area contributed by atoms with Crippen molar-refractivity contribution >= 4 is 71.2 Å². The van der Waals surface area contributed by atoms with Gasteiger partial charge in [0.05, 0.1) is 39.8 Å². The first-order chi connectivity index (χ1) is 16.0. The summed E-state index contributed by atoms with van der Waals surface area (Å²) in [4.78, 5) is 24.0. The van der Waals surface area contributed by atoms with Gasteiger partial charge in [-0.1, -0.05) is 6.07 Å². The minimum atomic E-state index is -4.27. The molecule has 2 N–H and O–H groups in total. The van der Waals surface area contributed by atoms with Gasteiger partial charge in [0.2, 0.25) is 0 Å². The van der Waals surface area contributed by atoms with Gasteiger partial charge in [-0.25, -0.2) is 21.6 Å². The predicted molar refractivity (Wildman–Crippen MR) is 131 cm³/mol. The second-order valence-electron chi connectivity index (χ2n) is 6.95. The average molecular weight is 540 g/mol. The van der Waals surface area contributed by atoms with Crippen LogP contribution in [0.25, 0.3) is 10.9 Å². The number of anilines is 2. The second kappa shape index (κ2) is 8.87. The third kappa shape index (κ3) is 4.57. The van der Waals surface area contributed by atoms with Gasteiger partial charge >= 0.3 is 5.97 Å². The summed E-state index contributed by atoms with van der Waals surface area (Å²) in [6.07, 6.45) is 0. The molecule has 0 unspecified atom stereocenters. The molecule has 0 aliphatic rings. The Morgan fingerprint density at radius 2 is 1.71 bits per heavy atom. The quantitative estimate of drug-likeness (QED) is 0.344. The van der Waals surface area contributed by atoms with Crippen molar-refractivity contribution in [3.05, 3.63) is 69.0 Å². The lowest BCUT2D eigenvalue weighted by molar-refractivity contribution is 0.0601. The Kier molecular flexibility index (Phi) is 6.24. The standard InChI is InChI=1S/C20H17N3O7S4/c1-23-17-8-6-13(11-14(17)20(25)32-23)33(26,27)22-16-10-12(19(24)30-2)5-7-15(16)21-34(28,29)18-4-3-9-31-18/h3-11,21-22H,1-2H3. The molecule has 4 rings (SSSR count). The maximum Gasteiger partial charge on any atom is 0.337 e. The molecule has 0 saturated heterocycles. The summed E-state index contributed by atoms with van der Waals surface area (Å²) in [6, 6.07) is 10.8. The molecular weight excluding hydrogens is 523 g/mol. The fourth-order valence-corrected chi connectivity index (χ4v) is 7.06. The molecule has 178 valence electrons. The van der Waals surface area contributed by atoms with Crippen LogP contribution < -0.4 is 14.2 Å². The zero-order valence-electron chi connectivity index (χ0n) is 17.6. The zero-order chi connectivity index (χ0) is 24.7. The van der Waals surface area contributed by atoms with Gasteiger partial charge in [0.25, 0.3) is 24.8 Å². The van der Waals surface area contributed by atoms with E-state index in [0.29, 0.717) is 5.52 Å². The Labute approximate surface area is 202 Å². The van der Waals surface area contributed by atoms with Gasteiger partial charge in [-0.15, -0.1) is 11.3 Å². The van der Waals surface area contributed by atoms with E-state index in [1.807, 2.05) is 0 Å². The highest BCUT2D eigenvalue weighted by molar-refractivity contribution is 7.94. The number of fused-ring (bicyclic) bond motifs is 1. The summed E-state index contributed by atoms with van der Waals surface area (Å²) in [6.45, 7) is 0. The lowest BCUT2D eigenvalue weighted by Gasteiger charge is -2.15. The molecule has 0 fully saturated rings. The maximum atomic E-state index is 13.2.